The number of thioether (sulfide) groups is 1. The number of carbonyl (C=O) groups is 1. The summed E-state index contributed by atoms with van der Waals surface area (Å²) in [7, 11) is 1.49. The molecule has 1 heterocycles. The van der Waals surface area contributed by atoms with Gasteiger partial charge in [0.05, 0.1) is 0 Å². The molecular formula is C4H8N4O2S2. The van der Waals surface area contributed by atoms with Crippen LogP contribution in [0.2, 0.25) is 0 Å². The van der Waals surface area contributed by atoms with Crippen LogP contribution in [0.5, 0.6) is 0 Å². The summed E-state index contributed by atoms with van der Waals surface area (Å²) < 4.78 is -0.461. The predicted molar refractivity (Wildman–Crippen MR) is 49.0 cm³/mol. The van der Waals surface area contributed by atoms with Crippen molar-refractivity contribution in [1.29, 1.82) is 0 Å². The molecule has 6 nitrogen and oxygen atoms in total. The third kappa shape index (κ3) is 2.19. The number of amides is 2. The highest BCUT2D eigenvalue weighted by Crippen LogP contribution is 2.25. The van der Waals surface area contributed by atoms with E-state index in [0.717, 1.165) is 11.8 Å². The van der Waals surface area contributed by atoms with Crippen LogP contribution in [0.3, 0.4) is 0 Å². The van der Waals surface area contributed by atoms with Gasteiger partial charge < -0.3 is 5.32 Å². The minimum Gasteiger partial charge on any atom is -0.341 e. The summed E-state index contributed by atoms with van der Waals surface area (Å²) >= 11 is 5.09. The number of hydrogen-bond donors (Lipinski definition) is 4. The number of rotatable bonds is 0. The second kappa shape index (κ2) is 3.87. The normalized spacial score (nSPS) is 22.1. The zero-order chi connectivity index (χ0) is 9.14. The summed E-state index contributed by atoms with van der Waals surface area (Å²) in [6, 6.07) is -0.378. The van der Waals surface area contributed by atoms with E-state index in [0.29, 0.717) is 10.3 Å². The molecule has 1 aliphatic heterocycles. The summed E-state index contributed by atoms with van der Waals surface area (Å²) in [6.45, 7) is 0. The van der Waals surface area contributed by atoms with Crippen LogP contribution in [0, 0.1) is 0 Å². The van der Waals surface area contributed by atoms with Crippen molar-refractivity contribution in [3.63, 3.8) is 0 Å². The zero-order valence-corrected chi connectivity index (χ0v) is 7.89. The zero-order valence-electron chi connectivity index (χ0n) is 6.18. The van der Waals surface area contributed by atoms with Crippen LogP contribution in [0.25, 0.3) is 0 Å². The predicted octanol–water partition coefficient (Wildman–Crippen LogP) is -0.162. The topological polar surface area (TPSA) is 77.0 Å². The van der Waals surface area contributed by atoms with E-state index in [2.05, 4.69) is 28.4 Å². The summed E-state index contributed by atoms with van der Waals surface area (Å²) in [5, 5.41) is 18.2. The Morgan fingerprint density at radius 3 is 3.00 bits per heavy atom. The van der Waals surface area contributed by atoms with E-state index < -0.39 is 4.71 Å². The lowest BCUT2D eigenvalue weighted by Gasteiger charge is -2.06. The number of nitrogens with one attached hydrogen (secondary N) is 2. The maximum Gasteiger partial charge on any atom is 0.320 e. The summed E-state index contributed by atoms with van der Waals surface area (Å²) in [5.41, 5.74) is 0. The number of hydroxylamine groups is 1. The molecule has 0 radical (unpaired) electrons. The van der Waals surface area contributed by atoms with Gasteiger partial charge in [0.15, 0.2) is 9.87 Å². The van der Waals surface area contributed by atoms with Crippen LogP contribution in [0.1, 0.15) is 0 Å². The lowest BCUT2D eigenvalue weighted by Crippen LogP contribution is -2.35. The Balaban J connectivity index is 2.45. The number of nitrogens with zero attached hydrogens (tertiary/aromatic N) is 2. The summed E-state index contributed by atoms with van der Waals surface area (Å²) in [4.78, 5) is 10.7. The fourth-order valence-corrected chi connectivity index (χ4v) is 1.50. The largest absolute Gasteiger partial charge is 0.341 e. The monoisotopic (exact) mass is 208 g/mol. The molecule has 1 rings (SSSR count). The number of hydrazone groups is 1. The highest BCUT2D eigenvalue weighted by molar-refractivity contribution is 8.21. The van der Waals surface area contributed by atoms with Crippen molar-refractivity contribution in [3.05, 3.63) is 0 Å². The van der Waals surface area contributed by atoms with Crippen molar-refractivity contribution in [1.82, 2.24) is 15.8 Å². The van der Waals surface area contributed by atoms with Crippen molar-refractivity contribution in [2.24, 2.45) is 5.10 Å². The molecule has 12 heavy (non-hydrogen) atoms. The first-order chi connectivity index (χ1) is 5.63. The minimum absolute atomic E-state index is 0.317. The molecule has 0 saturated heterocycles. The van der Waals surface area contributed by atoms with Crippen LogP contribution < -0.4 is 10.6 Å². The van der Waals surface area contributed by atoms with E-state index in [1.165, 1.54) is 7.05 Å². The fourth-order valence-electron chi connectivity index (χ4n) is 0.527. The molecule has 1 aliphatic rings. The van der Waals surface area contributed by atoms with Crippen molar-refractivity contribution in [3.8, 4) is 0 Å². The molecule has 0 aromatic rings. The highest BCUT2D eigenvalue weighted by Gasteiger charge is 2.23. The second-order valence-electron chi connectivity index (χ2n) is 1.87. The second-order valence-corrected chi connectivity index (χ2v) is 3.78. The molecule has 0 saturated carbocycles. The van der Waals surface area contributed by atoms with Crippen LogP contribution in [-0.4, -0.2) is 33.3 Å². The lowest BCUT2D eigenvalue weighted by atomic mass is 10.9. The minimum atomic E-state index is -0.461. The smallest absolute Gasteiger partial charge is 0.320 e. The molecule has 0 bridgehead atoms. The molecule has 0 aromatic heterocycles. The molecule has 0 fully saturated rings. The number of amidine groups is 1. The van der Waals surface area contributed by atoms with Crippen molar-refractivity contribution in [2.75, 3.05) is 7.05 Å². The SMILES string of the molecule is CNC(=O)NC1=NN(O)C(S)S1. The highest BCUT2D eigenvalue weighted by atomic mass is 32.2. The van der Waals surface area contributed by atoms with Gasteiger partial charge in [-0.05, 0) is 11.8 Å². The van der Waals surface area contributed by atoms with Crippen LogP contribution in [0.4, 0.5) is 4.79 Å². The quantitative estimate of drug-likeness (QED) is 0.417. The average Bonchev–Trinajstić information content (AvgIpc) is 2.31. The van der Waals surface area contributed by atoms with Gasteiger partial charge in [0.25, 0.3) is 0 Å². The van der Waals surface area contributed by atoms with Gasteiger partial charge in [0.1, 0.15) is 0 Å². The summed E-state index contributed by atoms with van der Waals surface area (Å²) in [5.74, 6) is 0. The van der Waals surface area contributed by atoms with Gasteiger partial charge in [-0.1, -0.05) is 0 Å². The molecule has 68 valence electrons. The third-order valence-electron chi connectivity index (χ3n) is 1.06. The van der Waals surface area contributed by atoms with Gasteiger partial charge in [0, 0.05) is 7.05 Å². The standard InChI is InChI=1S/C4H8N4O2S2/c1-5-2(9)6-3-7-8(10)4(11)12-3/h4,10-11H,1H3,(H2,5,6,7,9). The van der Waals surface area contributed by atoms with Crippen molar-refractivity contribution >= 4 is 35.6 Å². The lowest BCUT2D eigenvalue weighted by molar-refractivity contribution is -0.0756. The Hall–Kier alpha value is -0.600. The Morgan fingerprint density at radius 2 is 2.58 bits per heavy atom. The molecule has 2 amide bonds. The molecule has 8 heteroatoms. The fraction of sp³-hybridized carbons (Fsp3) is 0.500. The average molecular weight is 208 g/mol. The van der Waals surface area contributed by atoms with Crippen LogP contribution >= 0.6 is 24.4 Å². The number of urea groups is 1. The van der Waals surface area contributed by atoms with E-state index in [-0.39, 0.29) is 6.03 Å². The van der Waals surface area contributed by atoms with E-state index >= 15 is 0 Å². The first-order valence-corrected chi connectivity index (χ1v) is 4.43. The Morgan fingerprint density at radius 1 is 1.92 bits per heavy atom. The maximum atomic E-state index is 10.7. The van der Waals surface area contributed by atoms with Crippen LogP contribution in [-0.2, 0) is 0 Å². The van der Waals surface area contributed by atoms with Gasteiger partial charge in [-0.3, -0.25) is 10.5 Å². The number of hydrogen-bond acceptors (Lipinski definition) is 6. The van der Waals surface area contributed by atoms with Crippen LogP contribution in [0.15, 0.2) is 5.10 Å². The van der Waals surface area contributed by atoms with E-state index in [1.54, 1.807) is 0 Å². The molecule has 0 aromatic carbocycles. The van der Waals surface area contributed by atoms with Gasteiger partial charge >= 0.3 is 6.03 Å². The molecule has 1 unspecified atom stereocenters. The van der Waals surface area contributed by atoms with Gasteiger partial charge in [-0.15, -0.1) is 22.9 Å². The Labute approximate surface area is 78.7 Å². The molecule has 1 atom stereocenters. The van der Waals surface area contributed by atoms with E-state index in [4.69, 9.17) is 5.21 Å². The van der Waals surface area contributed by atoms with Gasteiger partial charge in [-0.25, -0.2) is 4.79 Å². The van der Waals surface area contributed by atoms with E-state index in [9.17, 15) is 4.79 Å². The van der Waals surface area contributed by atoms with Gasteiger partial charge in [0.2, 0.25) is 0 Å². The molecular weight excluding hydrogens is 200 g/mol. The van der Waals surface area contributed by atoms with Crippen molar-refractivity contribution in [2.45, 2.75) is 4.71 Å². The first kappa shape index (κ1) is 9.49. The van der Waals surface area contributed by atoms with Crippen molar-refractivity contribution < 1.29 is 10.0 Å². The Kier molecular flexibility index (Phi) is 3.06. The number of carbonyl (C=O) groups excluding carboxylic acids is 1. The first-order valence-electron chi connectivity index (χ1n) is 3.03. The molecule has 0 aliphatic carbocycles. The molecule has 3 N–H and O–H groups in total. The van der Waals surface area contributed by atoms with Gasteiger partial charge in [-0.2, -0.15) is 0 Å². The summed E-state index contributed by atoms with van der Waals surface area (Å²) in [6.07, 6.45) is 0. The number of thiol groups is 1. The third-order valence-corrected chi connectivity index (χ3v) is 2.38. The Bertz CT molecular complexity index is 221. The molecule has 0 spiro atoms. The maximum absolute atomic E-state index is 10.7. The van der Waals surface area contributed by atoms with E-state index in [1.807, 2.05) is 0 Å².